The molecule has 0 spiro atoms. The number of halogens is 1. The second-order valence-corrected chi connectivity index (χ2v) is 1.91. The molecule has 0 aromatic carbocycles. The molecule has 0 aliphatic rings. The van der Waals surface area contributed by atoms with Gasteiger partial charge in [-0.15, -0.1) is 0 Å². The normalized spacial score (nSPS) is 8.14. The molecule has 1 nitrogen and oxygen atoms in total. The van der Waals surface area contributed by atoms with Crippen molar-refractivity contribution in [1.82, 2.24) is 0 Å². The summed E-state index contributed by atoms with van der Waals surface area (Å²) in [5, 5.41) is 0. The van der Waals surface area contributed by atoms with Crippen LogP contribution in [0.4, 0.5) is 4.70 Å². The van der Waals surface area contributed by atoms with Crippen molar-refractivity contribution >= 4 is 8.46 Å². The predicted molar refractivity (Wildman–Crippen MR) is 29.9 cm³/mol. The summed E-state index contributed by atoms with van der Waals surface area (Å²) in [6, 6.07) is 0. The fourth-order valence-electron chi connectivity index (χ4n) is 0.223. The van der Waals surface area contributed by atoms with Gasteiger partial charge in [-0.1, -0.05) is 13.3 Å². The first-order chi connectivity index (χ1) is 2.91. The quantitative estimate of drug-likeness (QED) is 0.416. The van der Waals surface area contributed by atoms with Crippen molar-refractivity contribution in [3.05, 3.63) is 0 Å². The minimum atomic E-state index is 0. The number of hydrogen-bond acceptors (Lipinski definition) is 1. The van der Waals surface area contributed by atoms with Crippen LogP contribution in [0, 0.1) is 0 Å². The Morgan fingerprint density at radius 1 is 1.57 bits per heavy atom. The van der Waals surface area contributed by atoms with Gasteiger partial charge in [0.1, 0.15) is 0 Å². The van der Waals surface area contributed by atoms with Gasteiger partial charge >= 0.3 is 0 Å². The summed E-state index contributed by atoms with van der Waals surface area (Å²) >= 11 is 0. The molecule has 0 bridgehead atoms. The lowest BCUT2D eigenvalue weighted by Crippen LogP contribution is -1.66. The minimum absolute atomic E-state index is 0. The zero-order valence-corrected chi connectivity index (χ0v) is 5.28. The van der Waals surface area contributed by atoms with Crippen molar-refractivity contribution in [1.29, 1.82) is 0 Å². The standard InChI is InChI=1S/C4H9OP.FH/c1-2-3-4-6-5;/h2-4H2,1H3;1H. The van der Waals surface area contributed by atoms with E-state index in [4.69, 9.17) is 0 Å². The molecular formula is C4H10FOP. The van der Waals surface area contributed by atoms with Crippen molar-refractivity contribution in [3.8, 4) is 0 Å². The highest BCUT2D eigenvalue weighted by Crippen LogP contribution is 1.96. The summed E-state index contributed by atoms with van der Waals surface area (Å²) in [4.78, 5) is 0. The Bertz CT molecular complexity index is 40.7. The van der Waals surface area contributed by atoms with Gasteiger partial charge in [-0.05, 0) is 6.42 Å². The maximum atomic E-state index is 9.66. The summed E-state index contributed by atoms with van der Waals surface area (Å²) in [5.41, 5.74) is 0. The number of unbranched alkanes of at least 4 members (excludes halogenated alkanes) is 1. The first kappa shape index (κ1) is 10.1. The smallest absolute Gasteiger partial charge is 0.155 e. The van der Waals surface area contributed by atoms with Gasteiger partial charge in [-0.3, -0.25) is 9.27 Å². The molecule has 0 N–H and O–H groups in total. The van der Waals surface area contributed by atoms with E-state index in [9.17, 15) is 4.57 Å². The van der Waals surface area contributed by atoms with Gasteiger partial charge in [-0.25, -0.2) is 0 Å². The molecule has 7 heavy (non-hydrogen) atoms. The van der Waals surface area contributed by atoms with Crippen LogP contribution in [-0.4, -0.2) is 6.16 Å². The molecule has 0 radical (unpaired) electrons. The Balaban J connectivity index is 0. The Kier molecular flexibility index (Phi) is 13.6. The van der Waals surface area contributed by atoms with E-state index in [1.807, 2.05) is 0 Å². The molecule has 0 rings (SSSR count). The molecule has 44 valence electrons. The Morgan fingerprint density at radius 3 is 2.29 bits per heavy atom. The van der Waals surface area contributed by atoms with Crippen LogP contribution in [0.2, 0.25) is 0 Å². The number of rotatable bonds is 3. The first-order valence-corrected chi connectivity index (χ1v) is 3.20. The van der Waals surface area contributed by atoms with E-state index >= 15 is 0 Å². The van der Waals surface area contributed by atoms with Crippen molar-refractivity contribution in [2.45, 2.75) is 19.8 Å². The first-order valence-electron chi connectivity index (χ1n) is 2.21. The Labute approximate surface area is 44.7 Å². The summed E-state index contributed by atoms with van der Waals surface area (Å²) in [7, 11) is 0.295. The van der Waals surface area contributed by atoms with Gasteiger partial charge in [0.15, 0.2) is 8.46 Å². The Hall–Kier alpha value is 0.0300. The average molecular weight is 124 g/mol. The van der Waals surface area contributed by atoms with E-state index < -0.39 is 0 Å². The van der Waals surface area contributed by atoms with Crippen LogP contribution < -0.4 is 0 Å². The minimum Gasteiger partial charge on any atom is -0.275 e. The number of hydrogen-bond donors (Lipinski definition) is 0. The monoisotopic (exact) mass is 124 g/mol. The molecule has 0 amide bonds. The van der Waals surface area contributed by atoms with Gasteiger partial charge in [0.25, 0.3) is 0 Å². The van der Waals surface area contributed by atoms with E-state index in [0.717, 1.165) is 19.0 Å². The van der Waals surface area contributed by atoms with Crippen LogP contribution in [0.5, 0.6) is 0 Å². The molecule has 0 fully saturated rings. The van der Waals surface area contributed by atoms with Gasteiger partial charge in [0.2, 0.25) is 0 Å². The maximum Gasteiger partial charge on any atom is 0.155 e. The molecule has 0 atom stereocenters. The lowest BCUT2D eigenvalue weighted by atomic mass is 10.4. The third-order valence-electron chi connectivity index (χ3n) is 0.603. The SMILES string of the molecule is CCCCP=O.F. The third-order valence-corrected chi connectivity index (χ3v) is 1.10. The summed E-state index contributed by atoms with van der Waals surface area (Å²) in [6.07, 6.45) is 3.07. The van der Waals surface area contributed by atoms with E-state index in [0.29, 0.717) is 8.46 Å². The fraction of sp³-hybridized carbons (Fsp3) is 1.00. The lowest BCUT2D eigenvalue weighted by molar-refractivity contribution is 0.597. The van der Waals surface area contributed by atoms with Crippen LogP contribution in [0.25, 0.3) is 0 Å². The van der Waals surface area contributed by atoms with Gasteiger partial charge in [0.05, 0.1) is 0 Å². The molecular weight excluding hydrogens is 114 g/mol. The summed E-state index contributed by atoms with van der Waals surface area (Å²) in [5.74, 6) is 0. The van der Waals surface area contributed by atoms with E-state index in [2.05, 4.69) is 6.92 Å². The van der Waals surface area contributed by atoms with E-state index in [-0.39, 0.29) is 4.70 Å². The highest BCUT2D eigenvalue weighted by molar-refractivity contribution is 7.23. The molecule has 0 aliphatic heterocycles. The van der Waals surface area contributed by atoms with Crippen molar-refractivity contribution < 1.29 is 9.27 Å². The zero-order chi connectivity index (χ0) is 4.83. The highest BCUT2D eigenvalue weighted by Gasteiger charge is 1.76. The molecule has 0 saturated heterocycles. The average Bonchev–Trinajstić information content (AvgIpc) is 1.61. The van der Waals surface area contributed by atoms with Crippen LogP contribution in [0.1, 0.15) is 19.8 Å². The van der Waals surface area contributed by atoms with Gasteiger partial charge < -0.3 is 0 Å². The van der Waals surface area contributed by atoms with Gasteiger partial charge in [-0.2, -0.15) is 0 Å². The largest absolute Gasteiger partial charge is 0.275 e. The molecule has 0 saturated carbocycles. The topological polar surface area (TPSA) is 17.1 Å². The maximum absolute atomic E-state index is 9.66. The Morgan fingerprint density at radius 2 is 2.14 bits per heavy atom. The van der Waals surface area contributed by atoms with Crippen LogP contribution >= 0.6 is 8.46 Å². The predicted octanol–water partition coefficient (Wildman–Crippen LogP) is 2.23. The fourth-order valence-corrected chi connectivity index (χ4v) is 0.668. The molecule has 0 aromatic rings. The van der Waals surface area contributed by atoms with E-state index in [1.165, 1.54) is 0 Å². The van der Waals surface area contributed by atoms with Crippen molar-refractivity contribution in [2.75, 3.05) is 6.16 Å². The zero-order valence-electron chi connectivity index (χ0n) is 4.39. The molecule has 0 aromatic heterocycles. The van der Waals surface area contributed by atoms with Crippen molar-refractivity contribution in [3.63, 3.8) is 0 Å². The second-order valence-electron chi connectivity index (χ2n) is 1.21. The molecule has 3 heteroatoms. The second kappa shape index (κ2) is 9.39. The molecule has 0 unspecified atom stereocenters. The summed E-state index contributed by atoms with van der Waals surface area (Å²) in [6.45, 7) is 2.09. The lowest BCUT2D eigenvalue weighted by Gasteiger charge is -1.77. The summed E-state index contributed by atoms with van der Waals surface area (Å²) < 4.78 is 9.66. The van der Waals surface area contributed by atoms with E-state index in [1.54, 1.807) is 0 Å². The van der Waals surface area contributed by atoms with Crippen LogP contribution in [0.15, 0.2) is 0 Å². The van der Waals surface area contributed by atoms with Gasteiger partial charge in [0, 0.05) is 6.16 Å². The molecule has 0 heterocycles. The van der Waals surface area contributed by atoms with Crippen LogP contribution in [0.3, 0.4) is 0 Å². The van der Waals surface area contributed by atoms with Crippen molar-refractivity contribution in [2.24, 2.45) is 0 Å². The molecule has 0 aliphatic carbocycles. The third kappa shape index (κ3) is 10.7. The van der Waals surface area contributed by atoms with Crippen LogP contribution in [-0.2, 0) is 4.57 Å². The highest BCUT2D eigenvalue weighted by atomic mass is 31.1.